The highest BCUT2D eigenvalue weighted by Gasteiger charge is 2.24. The highest BCUT2D eigenvalue weighted by atomic mass is 79.9. The topological polar surface area (TPSA) is 47.7 Å². The number of aromatic nitrogens is 4. The molecule has 6 heteroatoms. The van der Waals surface area contributed by atoms with Crippen molar-refractivity contribution in [2.75, 3.05) is 7.05 Å². The van der Waals surface area contributed by atoms with E-state index in [0.717, 1.165) is 33.3 Å². The van der Waals surface area contributed by atoms with Crippen molar-refractivity contribution in [3.05, 3.63) is 46.3 Å². The summed E-state index contributed by atoms with van der Waals surface area (Å²) in [6.45, 7) is 2.91. The molecule has 21 heavy (non-hydrogen) atoms. The summed E-state index contributed by atoms with van der Waals surface area (Å²) in [6.07, 6.45) is 1.84. The Labute approximate surface area is 132 Å². The van der Waals surface area contributed by atoms with Crippen molar-refractivity contribution in [1.29, 1.82) is 0 Å². The highest BCUT2D eigenvalue weighted by molar-refractivity contribution is 9.10. The molecule has 1 aromatic carbocycles. The van der Waals surface area contributed by atoms with Crippen molar-refractivity contribution in [2.24, 2.45) is 7.05 Å². The highest BCUT2D eigenvalue weighted by Crippen LogP contribution is 2.31. The van der Waals surface area contributed by atoms with Crippen LogP contribution in [0.25, 0.3) is 10.9 Å². The van der Waals surface area contributed by atoms with E-state index in [1.165, 1.54) is 0 Å². The van der Waals surface area contributed by atoms with Gasteiger partial charge in [-0.25, -0.2) is 0 Å². The molecular weight excluding hydrogens is 330 g/mol. The van der Waals surface area contributed by atoms with E-state index in [0.29, 0.717) is 0 Å². The number of nitrogens with one attached hydrogen (secondary N) is 1. The first-order valence-corrected chi connectivity index (χ1v) is 7.76. The molecule has 1 N–H and O–H groups in total. The van der Waals surface area contributed by atoms with E-state index < -0.39 is 0 Å². The van der Waals surface area contributed by atoms with Gasteiger partial charge in [-0.15, -0.1) is 0 Å². The number of hydrogen-bond acceptors (Lipinski definition) is 3. The number of rotatable bonds is 4. The van der Waals surface area contributed by atoms with Crippen molar-refractivity contribution >= 4 is 26.8 Å². The van der Waals surface area contributed by atoms with Gasteiger partial charge in [-0.05, 0) is 36.0 Å². The Bertz CT molecular complexity index is 774. The number of para-hydroxylation sites is 1. The number of nitrogens with zero attached hydrogens (tertiary/aromatic N) is 4. The average Bonchev–Trinajstić information content (AvgIpc) is 3.03. The number of benzene rings is 1. The fourth-order valence-electron chi connectivity index (χ4n) is 2.77. The van der Waals surface area contributed by atoms with Crippen molar-refractivity contribution < 1.29 is 0 Å². The zero-order valence-corrected chi connectivity index (χ0v) is 13.9. The number of hydrogen-bond donors (Lipinski definition) is 1. The standard InChI is InChI=1S/C15H18BrN5/c1-4-21-15(11(16)9-18-21)14(17-2)13-10-7-5-6-8-12(10)20(3)19-13/h5-9,14,17H,4H2,1-3H3. The van der Waals surface area contributed by atoms with Crippen molar-refractivity contribution in [1.82, 2.24) is 24.9 Å². The molecule has 0 aliphatic rings. The van der Waals surface area contributed by atoms with Gasteiger partial charge in [0.2, 0.25) is 0 Å². The molecule has 5 nitrogen and oxygen atoms in total. The van der Waals surface area contributed by atoms with Crippen molar-refractivity contribution in [3.63, 3.8) is 0 Å². The summed E-state index contributed by atoms with van der Waals surface area (Å²) in [4.78, 5) is 0. The third kappa shape index (κ3) is 2.28. The van der Waals surface area contributed by atoms with E-state index in [-0.39, 0.29) is 6.04 Å². The number of halogens is 1. The molecule has 0 aliphatic carbocycles. The fourth-order valence-corrected chi connectivity index (χ4v) is 3.29. The molecular formula is C15H18BrN5. The molecule has 0 amide bonds. The smallest absolute Gasteiger partial charge is 0.0956 e. The predicted molar refractivity (Wildman–Crippen MR) is 87.2 cm³/mol. The molecule has 0 radical (unpaired) electrons. The molecule has 110 valence electrons. The molecule has 0 saturated carbocycles. The molecule has 0 bridgehead atoms. The van der Waals surface area contributed by atoms with Crippen LogP contribution < -0.4 is 5.32 Å². The zero-order chi connectivity index (χ0) is 15.0. The Morgan fingerprint density at radius 1 is 1.33 bits per heavy atom. The molecule has 2 heterocycles. The quantitative estimate of drug-likeness (QED) is 0.789. The fraction of sp³-hybridized carbons (Fsp3) is 0.333. The summed E-state index contributed by atoms with van der Waals surface area (Å²) in [5, 5.41) is 13.7. The van der Waals surface area contributed by atoms with Gasteiger partial charge in [0.1, 0.15) is 0 Å². The summed E-state index contributed by atoms with van der Waals surface area (Å²) in [5.74, 6) is 0. The molecule has 0 saturated heterocycles. The lowest BCUT2D eigenvalue weighted by Crippen LogP contribution is -2.22. The molecule has 0 aliphatic heterocycles. The summed E-state index contributed by atoms with van der Waals surface area (Å²) in [7, 11) is 3.93. The Balaban J connectivity index is 2.21. The summed E-state index contributed by atoms with van der Waals surface area (Å²) in [6, 6.07) is 8.28. The van der Waals surface area contributed by atoms with E-state index in [9.17, 15) is 0 Å². The van der Waals surface area contributed by atoms with Crippen LogP contribution in [0.3, 0.4) is 0 Å². The minimum Gasteiger partial charge on any atom is -0.307 e. The number of fused-ring (bicyclic) bond motifs is 1. The van der Waals surface area contributed by atoms with Crippen LogP contribution in [0.1, 0.15) is 24.4 Å². The summed E-state index contributed by atoms with van der Waals surface area (Å²) < 4.78 is 4.92. The maximum absolute atomic E-state index is 4.73. The van der Waals surface area contributed by atoms with Crippen LogP contribution in [0.15, 0.2) is 34.9 Å². The van der Waals surface area contributed by atoms with E-state index in [1.54, 1.807) is 0 Å². The second kappa shape index (κ2) is 5.61. The SMILES string of the molecule is CCn1ncc(Br)c1C(NC)c1nn(C)c2ccccc12. The van der Waals surface area contributed by atoms with Gasteiger partial charge in [0, 0.05) is 19.0 Å². The van der Waals surface area contributed by atoms with E-state index in [4.69, 9.17) is 5.10 Å². The van der Waals surface area contributed by atoms with Gasteiger partial charge in [-0.1, -0.05) is 18.2 Å². The van der Waals surface area contributed by atoms with Gasteiger partial charge in [0.25, 0.3) is 0 Å². The summed E-state index contributed by atoms with van der Waals surface area (Å²) in [5.41, 5.74) is 3.25. The minimum absolute atomic E-state index is 0.00655. The van der Waals surface area contributed by atoms with Gasteiger partial charge >= 0.3 is 0 Å². The van der Waals surface area contributed by atoms with Crippen molar-refractivity contribution in [3.8, 4) is 0 Å². The van der Waals surface area contributed by atoms with Crippen LogP contribution >= 0.6 is 15.9 Å². The van der Waals surface area contributed by atoms with Crippen LogP contribution in [0.5, 0.6) is 0 Å². The summed E-state index contributed by atoms with van der Waals surface area (Å²) >= 11 is 3.61. The first-order chi connectivity index (χ1) is 10.2. The monoisotopic (exact) mass is 347 g/mol. The largest absolute Gasteiger partial charge is 0.307 e. The van der Waals surface area contributed by atoms with Crippen LogP contribution in [-0.2, 0) is 13.6 Å². The van der Waals surface area contributed by atoms with Crippen LogP contribution in [0.4, 0.5) is 0 Å². The Morgan fingerprint density at radius 2 is 2.10 bits per heavy atom. The average molecular weight is 348 g/mol. The van der Waals surface area contributed by atoms with E-state index in [1.807, 2.05) is 41.8 Å². The molecule has 0 fully saturated rings. The number of aryl methyl sites for hydroxylation is 2. The lowest BCUT2D eigenvalue weighted by Gasteiger charge is -2.17. The van der Waals surface area contributed by atoms with Gasteiger partial charge < -0.3 is 5.32 Å². The maximum atomic E-state index is 4.73. The second-order valence-corrected chi connectivity index (χ2v) is 5.80. The molecule has 1 unspecified atom stereocenters. The maximum Gasteiger partial charge on any atom is 0.0956 e. The predicted octanol–water partition coefficient (Wildman–Crippen LogP) is 2.86. The molecule has 0 spiro atoms. The van der Waals surface area contributed by atoms with Crippen LogP contribution in [-0.4, -0.2) is 26.6 Å². The van der Waals surface area contributed by atoms with Crippen LogP contribution in [0.2, 0.25) is 0 Å². The second-order valence-electron chi connectivity index (χ2n) is 4.94. The van der Waals surface area contributed by atoms with E-state index in [2.05, 4.69) is 45.4 Å². The zero-order valence-electron chi connectivity index (χ0n) is 12.3. The van der Waals surface area contributed by atoms with Gasteiger partial charge in [-0.2, -0.15) is 10.2 Å². The van der Waals surface area contributed by atoms with E-state index >= 15 is 0 Å². The molecule has 2 aromatic heterocycles. The van der Waals surface area contributed by atoms with Crippen LogP contribution in [0, 0.1) is 0 Å². The molecule has 3 rings (SSSR count). The first-order valence-electron chi connectivity index (χ1n) is 6.97. The Morgan fingerprint density at radius 3 is 2.81 bits per heavy atom. The lowest BCUT2D eigenvalue weighted by molar-refractivity contribution is 0.550. The third-order valence-corrected chi connectivity index (χ3v) is 4.37. The molecule has 1 atom stereocenters. The van der Waals surface area contributed by atoms with Gasteiger partial charge in [-0.3, -0.25) is 9.36 Å². The van der Waals surface area contributed by atoms with Gasteiger partial charge in [0.15, 0.2) is 0 Å². The Hall–Kier alpha value is -1.66. The first kappa shape index (κ1) is 14.3. The van der Waals surface area contributed by atoms with Crippen molar-refractivity contribution in [2.45, 2.75) is 19.5 Å². The molecule has 3 aromatic rings. The minimum atomic E-state index is -0.00655. The normalized spacial score (nSPS) is 13.0. The Kier molecular flexibility index (Phi) is 3.82. The lowest BCUT2D eigenvalue weighted by atomic mass is 10.1. The third-order valence-electron chi connectivity index (χ3n) is 3.75. The van der Waals surface area contributed by atoms with Gasteiger partial charge in [0.05, 0.1) is 33.6 Å².